The standard InChI is InChI=1S/C15H21NO4/c1-4-5-8-20-11(3)14(17)16-13-7-6-10(2)9-12(13)15(18)19/h6-7,9,11H,4-5,8H2,1-3H3,(H,16,17)(H,18,19). The second kappa shape index (κ2) is 7.65. The largest absolute Gasteiger partial charge is 0.478 e. The lowest BCUT2D eigenvalue weighted by Gasteiger charge is -2.14. The predicted molar refractivity (Wildman–Crippen MR) is 77.1 cm³/mol. The van der Waals surface area contributed by atoms with Crippen LogP contribution in [0, 0.1) is 6.92 Å². The second-order valence-electron chi connectivity index (χ2n) is 4.71. The van der Waals surface area contributed by atoms with E-state index in [0.29, 0.717) is 12.3 Å². The maximum absolute atomic E-state index is 11.9. The molecule has 1 rings (SSSR count). The van der Waals surface area contributed by atoms with Crippen molar-refractivity contribution in [2.75, 3.05) is 11.9 Å². The summed E-state index contributed by atoms with van der Waals surface area (Å²) in [4.78, 5) is 23.1. The van der Waals surface area contributed by atoms with E-state index < -0.39 is 12.1 Å². The third kappa shape index (κ3) is 4.66. The number of carbonyl (C=O) groups excluding carboxylic acids is 1. The number of rotatable bonds is 7. The van der Waals surface area contributed by atoms with Crippen molar-refractivity contribution in [3.05, 3.63) is 29.3 Å². The molecule has 1 amide bonds. The van der Waals surface area contributed by atoms with E-state index in [1.54, 1.807) is 26.0 Å². The van der Waals surface area contributed by atoms with Gasteiger partial charge >= 0.3 is 5.97 Å². The van der Waals surface area contributed by atoms with E-state index in [0.717, 1.165) is 18.4 Å². The zero-order chi connectivity index (χ0) is 15.1. The molecule has 1 aromatic rings. The van der Waals surface area contributed by atoms with Crippen molar-refractivity contribution >= 4 is 17.6 Å². The van der Waals surface area contributed by atoms with Crippen LogP contribution in [-0.2, 0) is 9.53 Å². The Hall–Kier alpha value is -1.88. The van der Waals surface area contributed by atoms with Crippen molar-refractivity contribution in [2.24, 2.45) is 0 Å². The van der Waals surface area contributed by atoms with Gasteiger partial charge in [0.15, 0.2) is 0 Å². The zero-order valence-corrected chi connectivity index (χ0v) is 12.1. The van der Waals surface area contributed by atoms with Gasteiger partial charge in [-0.15, -0.1) is 0 Å². The SMILES string of the molecule is CCCCOC(C)C(=O)Nc1ccc(C)cc1C(=O)O. The molecule has 20 heavy (non-hydrogen) atoms. The summed E-state index contributed by atoms with van der Waals surface area (Å²) in [6.45, 7) is 6.01. The molecule has 1 unspecified atom stereocenters. The fourth-order valence-electron chi connectivity index (χ4n) is 1.66. The van der Waals surface area contributed by atoms with Crippen LogP contribution in [0.4, 0.5) is 5.69 Å². The van der Waals surface area contributed by atoms with Crippen molar-refractivity contribution in [1.29, 1.82) is 0 Å². The topological polar surface area (TPSA) is 75.6 Å². The number of anilines is 1. The Balaban J connectivity index is 2.72. The molecule has 2 N–H and O–H groups in total. The molecule has 0 saturated carbocycles. The van der Waals surface area contributed by atoms with Crippen molar-refractivity contribution in [3.63, 3.8) is 0 Å². The van der Waals surface area contributed by atoms with Crippen LogP contribution in [0.5, 0.6) is 0 Å². The van der Waals surface area contributed by atoms with Gasteiger partial charge in [0.25, 0.3) is 5.91 Å². The molecular formula is C15H21NO4. The molecule has 1 atom stereocenters. The Morgan fingerprint density at radius 2 is 2.10 bits per heavy atom. The van der Waals surface area contributed by atoms with E-state index in [1.807, 2.05) is 6.92 Å². The fourth-order valence-corrected chi connectivity index (χ4v) is 1.66. The molecule has 5 nitrogen and oxygen atoms in total. The number of carbonyl (C=O) groups is 2. The Morgan fingerprint density at radius 1 is 1.40 bits per heavy atom. The van der Waals surface area contributed by atoms with Crippen LogP contribution < -0.4 is 5.32 Å². The molecule has 110 valence electrons. The number of unbranched alkanes of at least 4 members (excludes halogenated alkanes) is 1. The highest BCUT2D eigenvalue weighted by molar-refractivity contribution is 6.01. The van der Waals surface area contributed by atoms with Crippen molar-refractivity contribution in [2.45, 2.75) is 39.7 Å². The smallest absolute Gasteiger partial charge is 0.337 e. The van der Waals surface area contributed by atoms with Crippen molar-refractivity contribution < 1.29 is 19.4 Å². The second-order valence-corrected chi connectivity index (χ2v) is 4.71. The van der Waals surface area contributed by atoms with Crippen LogP contribution in [0.25, 0.3) is 0 Å². The van der Waals surface area contributed by atoms with Crippen LogP contribution in [-0.4, -0.2) is 29.7 Å². The van der Waals surface area contributed by atoms with Gasteiger partial charge in [-0.3, -0.25) is 4.79 Å². The van der Waals surface area contributed by atoms with Crippen LogP contribution in [0.3, 0.4) is 0 Å². The molecule has 1 aromatic carbocycles. The summed E-state index contributed by atoms with van der Waals surface area (Å²) in [5, 5.41) is 11.7. The highest BCUT2D eigenvalue weighted by atomic mass is 16.5. The first-order valence-electron chi connectivity index (χ1n) is 6.72. The number of nitrogens with one attached hydrogen (secondary N) is 1. The lowest BCUT2D eigenvalue weighted by molar-refractivity contribution is -0.126. The number of aryl methyl sites for hydroxylation is 1. The Kier molecular flexibility index (Phi) is 6.18. The minimum atomic E-state index is -1.07. The summed E-state index contributed by atoms with van der Waals surface area (Å²) in [7, 11) is 0. The van der Waals surface area contributed by atoms with Gasteiger partial charge in [0.2, 0.25) is 0 Å². The number of ether oxygens (including phenoxy) is 1. The Labute approximate surface area is 118 Å². The minimum absolute atomic E-state index is 0.0825. The van der Waals surface area contributed by atoms with Gasteiger partial charge in [0.05, 0.1) is 11.3 Å². The lowest BCUT2D eigenvalue weighted by Crippen LogP contribution is -2.28. The van der Waals surface area contributed by atoms with Crippen LogP contribution in [0.2, 0.25) is 0 Å². The Morgan fingerprint density at radius 3 is 2.70 bits per heavy atom. The third-order valence-corrected chi connectivity index (χ3v) is 2.90. The van der Waals surface area contributed by atoms with Crippen LogP contribution >= 0.6 is 0 Å². The average Bonchev–Trinajstić information content (AvgIpc) is 2.40. The number of amides is 1. The van der Waals surface area contributed by atoms with Crippen molar-refractivity contribution in [1.82, 2.24) is 0 Å². The molecule has 0 fully saturated rings. The van der Waals surface area contributed by atoms with Gasteiger partial charge in [-0.2, -0.15) is 0 Å². The van der Waals surface area contributed by atoms with E-state index in [4.69, 9.17) is 9.84 Å². The molecule has 0 saturated heterocycles. The molecule has 5 heteroatoms. The molecule has 0 spiro atoms. The van der Waals surface area contributed by atoms with Gasteiger partial charge in [-0.25, -0.2) is 4.79 Å². The van der Waals surface area contributed by atoms with E-state index in [-0.39, 0.29) is 11.5 Å². The molecule has 0 heterocycles. The van der Waals surface area contributed by atoms with E-state index in [1.165, 1.54) is 6.07 Å². The monoisotopic (exact) mass is 279 g/mol. The van der Waals surface area contributed by atoms with Crippen LogP contribution in [0.1, 0.15) is 42.6 Å². The molecule has 0 aliphatic carbocycles. The number of carboxylic acid groups (broad SMARTS) is 1. The summed E-state index contributed by atoms with van der Waals surface area (Å²) < 4.78 is 5.38. The lowest BCUT2D eigenvalue weighted by atomic mass is 10.1. The summed E-state index contributed by atoms with van der Waals surface area (Å²) in [5.74, 6) is -1.41. The molecule has 0 aromatic heterocycles. The van der Waals surface area contributed by atoms with E-state index in [2.05, 4.69) is 5.32 Å². The van der Waals surface area contributed by atoms with Crippen molar-refractivity contribution in [3.8, 4) is 0 Å². The fraction of sp³-hybridized carbons (Fsp3) is 0.467. The molecule has 0 aliphatic heterocycles. The normalized spacial score (nSPS) is 11.9. The molecule has 0 aliphatic rings. The number of hydrogen-bond acceptors (Lipinski definition) is 3. The first-order valence-corrected chi connectivity index (χ1v) is 6.72. The predicted octanol–water partition coefficient (Wildman–Crippen LogP) is 2.84. The van der Waals surface area contributed by atoms with Gasteiger partial charge in [-0.1, -0.05) is 25.0 Å². The average molecular weight is 279 g/mol. The summed E-state index contributed by atoms with van der Waals surface area (Å²) in [6, 6.07) is 4.88. The molecule has 0 bridgehead atoms. The van der Waals surface area contributed by atoms with Gasteiger partial charge < -0.3 is 15.2 Å². The summed E-state index contributed by atoms with van der Waals surface area (Å²) in [5.41, 5.74) is 1.20. The summed E-state index contributed by atoms with van der Waals surface area (Å²) in [6.07, 6.45) is 1.28. The summed E-state index contributed by atoms with van der Waals surface area (Å²) >= 11 is 0. The molecular weight excluding hydrogens is 258 g/mol. The number of aromatic carboxylic acids is 1. The quantitative estimate of drug-likeness (QED) is 0.752. The number of benzene rings is 1. The first kappa shape index (κ1) is 16.2. The van der Waals surface area contributed by atoms with E-state index >= 15 is 0 Å². The van der Waals surface area contributed by atoms with Gasteiger partial charge in [-0.05, 0) is 32.4 Å². The highest BCUT2D eigenvalue weighted by Gasteiger charge is 2.17. The highest BCUT2D eigenvalue weighted by Crippen LogP contribution is 2.18. The maximum atomic E-state index is 11.9. The van der Waals surface area contributed by atoms with Gasteiger partial charge in [0.1, 0.15) is 6.10 Å². The minimum Gasteiger partial charge on any atom is -0.478 e. The Bertz CT molecular complexity index is 485. The zero-order valence-electron chi connectivity index (χ0n) is 12.1. The first-order chi connectivity index (χ1) is 9.45. The van der Waals surface area contributed by atoms with E-state index in [9.17, 15) is 9.59 Å². The third-order valence-electron chi connectivity index (χ3n) is 2.90. The maximum Gasteiger partial charge on any atom is 0.337 e. The van der Waals surface area contributed by atoms with Gasteiger partial charge in [0, 0.05) is 6.61 Å². The number of hydrogen-bond donors (Lipinski definition) is 2. The molecule has 0 radical (unpaired) electrons. The van der Waals surface area contributed by atoms with Crippen LogP contribution in [0.15, 0.2) is 18.2 Å². The number of carboxylic acids is 1.